The Kier molecular flexibility index (Phi) is 6.56. The number of guanidine groups is 1. The highest BCUT2D eigenvalue weighted by Gasteiger charge is 2.14. The lowest BCUT2D eigenvalue weighted by Gasteiger charge is -2.24. The molecule has 0 unspecified atom stereocenters. The van der Waals surface area contributed by atoms with Crippen molar-refractivity contribution in [2.75, 3.05) is 32.6 Å². The van der Waals surface area contributed by atoms with Gasteiger partial charge in [0.15, 0.2) is 5.96 Å². The first-order valence-corrected chi connectivity index (χ1v) is 8.42. The zero-order chi connectivity index (χ0) is 15.8. The molecule has 1 saturated carbocycles. The molecule has 2 rings (SSSR count). The Balaban J connectivity index is 1.73. The smallest absolute Gasteiger partial charge is 0.191 e. The van der Waals surface area contributed by atoms with Gasteiger partial charge in [0.25, 0.3) is 0 Å². The van der Waals surface area contributed by atoms with Crippen LogP contribution in [-0.2, 0) is 6.42 Å². The van der Waals surface area contributed by atoms with Gasteiger partial charge >= 0.3 is 0 Å². The molecule has 1 aliphatic carbocycles. The average molecular weight is 302 g/mol. The number of hydrogen-bond donors (Lipinski definition) is 2. The minimum atomic E-state index is 0.597. The van der Waals surface area contributed by atoms with E-state index in [2.05, 4.69) is 58.9 Å². The lowest BCUT2D eigenvalue weighted by Crippen LogP contribution is -2.44. The summed E-state index contributed by atoms with van der Waals surface area (Å²) < 4.78 is 0. The highest BCUT2D eigenvalue weighted by atomic mass is 15.2. The minimum Gasteiger partial charge on any atom is -0.378 e. The third kappa shape index (κ3) is 5.24. The molecule has 0 aliphatic heterocycles. The normalized spacial score (nSPS) is 16.4. The molecule has 0 amide bonds. The van der Waals surface area contributed by atoms with Gasteiger partial charge in [-0.25, -0.2) is 0 Å². The summed E-state index contributed by atoms with van der Waals surface area (Å²) in [4.78, 5) is 6.46. The van der Waals surface area contributed by atoms with Crippen LogP contribution >= 0.6 is 0 Å². The van der Waals surface area contributed by atoms with Crippen molar-refractivity contribution in [3.05, 3.63) is 29.8 Å². The minimum absolute atomic E-state index is 0.597. The molecule has 0 aromatic heterocycles. The Bertz CT molecular complexity index is 458. The predicted octanol–water partition coefficient (Wildman–Crippen LogP) is 2.79. The lowest BCUT2D eigenvalue weighted by atomic mass is 9.96. The molecule has 4 nitrogen and oxygen atoms in total. The molecule has 4 heteroatoms. The highest BCUT2D eigenvalue weighted by molar-refractivity contribution is 5.79. The summed E-state index contributed by atoms with van der Waals surface area (Å²) >= 11 is 0. The van der Waals surface area contributed by atoms with Crippen molar-refractivity contribution >= 4 is 11.6 Å². The van der Waals surface area contributed by atoms with Crippen molar-refractivity contribution in [3.8, 4) is 0 Å². The summed E-state index contributed by atoms with van der Waals surface area (Å²) in [5.41, 5.74) is 2.60. The first-order valence-electron chi connectivity index (χ1n) is 8.42. The standard InChI is InChI=1S/C18H30N4/c1-19-18(21-16-7-5-4-6-8-16)20-14-13-15-9-11-17(12-10-15)22(2)3/h9-12,16H,4-8,13-14H2,1-3H3,(H2,19,20,21). The Morgan fingerprint density at radius 1 is 1.14 bits per heavy atom. The molecule has 2 N–H and O–H groups in total. The summed E-state index contributed by atoms with van der Waals surface area (Å²) in [5, 5.41) is 6.98. The molecule has 122 valence electrons. The van der Waals surface area contributed by atoms with Gasteiger partial charge in [0.05, 0.1) is 0 Å². The van der Waals surface area contributed by atoms with Crippen molar-refractivity contribution in [3.63, 3.8) is 0 Å². The monoisotopic (exact) mass is 302 g/mol. The zero-order valence-electron chi connectivity index (χ0n) is 14.2. The van der Waals surface area contributed by atoms with Gasteiger partial charge in [-0.05, 0) is 37.0 Å². The fraction of sp³-hybridized carbons (Fsp3) is 0.611. The summed E-state index contributed by atoms with van der Waals surface area (Å²) in [6.07, 6.45) is 7.62. The second-order valence-electron chi connectivity index (χ2n) is 6.29. The first-order chi connectivity index (χ1) is 10.7. The van der Waals surface area contributed by atoms with Gasteiger partial charge in [0.2, 0.25) is 0 Å². The molecule has 0 saturated heterocycles. The van der Waals surface area contributed by atoms with E-state index in [0.29, 0.717) is 6.04 Å². The van der Waals surface area contributed by atoms with E-state index in [4.69, 9.17) is 0 Å². The lowest BCUT2D eigenvalue weighted by molar-refractivity contribution is 0.410. The molecule has 1 aliphatic rings. The van der Waals surface area contributed by atoms with Crippen LogP contribution in [0.5, 0.6) is 0 Å². The van der Waals surface area contributed by atoms with E-state index in [1.807, 2.05) is 7.05 Å². The van der Waals surface area contributed by atoms with Gasteiger partial charge in [0.1, 0.15) is 0 Å². The molecular weight excluding hydrogens is 272 g/mol. The van der Waals surface area contributed by atoms with Crippen molar-refractivity contribution in [2.45, 2.75) is 44.6 Å². The number of nitrogens with zero attached hydrogens (tertiary/aromatic N) is 2. The topological polar surface area (TPSA) is 39.7 Å². The Labute approximate surface area is 135 Å². The molecule has 1 fully saturated rings. The second kappa shape index (κ2) is 8.66. The summed E-state index contributed by atoms with van der Waals surface area (Å²) in [6, 6.07) is 9.34. The summed E-state index contributed by atoms with van der Waals surface area (Å²) in [6.45, 7) is 0.910. The third-order valence-corrected chi connectivity index (χ3v) is 4.33. The maximum Gasteiger partial charge on any atom is 0.191 e. The average Bonchev–Trinajstić information content (AvgIpc) is 2.55. The van der Waals surface area contributed by atoms with Crippen LogP contribution < -0.4 is 15.5 Å². The van der Waals surface area contributed by atoms with Crippen molar-refractivity contribution in [2.24, 2.45) is 4.99 Å². The van der Waals surface area contributed by atoms with Crippen LogP contribution in [0.1, 0.15) is 37.7 Å². The molecule has 1 aromatic rings. The third-order valence-electron chi connectivity index (χ3n) is 4.33. The van der Waals surface area contributed by atoms with Gasteiger partial charge in [-0.3, -0.25) is 4.99 Å². The van der Waals surface area contributed by atoms with Crippen LogP contribution in [0.25, 0.3) is 0 Å². The predicted molar refractivity (Wildman–Crippen MR) is 95.8 cm³/mol. The molecule has 22 heavy (non-hydrogen) atoms. The van der Waals surface area contributed by atoms with Crippen LogP contribution in [0.2, 0.25) is 0 Å². The maximum absolute atomic E-state index is 4.34. The van der Waals surface area contributed by atoms with Crippen molar-refractivity contribution in [1.29, 1.82) is 0 Å². The van der Waals surface area contributed by atoms with E-state index in [1.165, 1.54) is 43.4 Å². The molecule has 0 bridgehead atoms. The van der Waals surface area contributed by atoms with Crippen LogP contribution in [-0.4, -0.2) is 39.7 Å². The fourth-order valence-electron chi connectivity index (χ4n) is 2.92. The van der Waals surface area contributed by atoms with E-state index >= 15 is 0 Å². The Hall–Kier alpha value is -1.71. The van der Waals surface area contributed by atoms with Gasteiger partial charge in [-0.15, -0.1) is 0 Å². The number of nitrogens with one attached hydrogen (secondary N) is 2. The van der Waals surface area contributed by atoms with E-state index in [1.54, 1.807) is 0 Å². The van der Waals surface area contributed by atoms with Gasteiger partial charge in [-0.1, -0.05) is 31.4 Å². The zero-order valence-corrected chi connectivity index (χ0v) is 14.2. The highest BCUT2D eigenvalue weighted by Crippen LogP contribution is 2.17. The van der Waals surface area contributed by atoms with Crippen molar-refractivity contribution in [1.82, 2.24) is 10.6 Å². The number of rotatable bonds is 5. The largest absolute Gasteiger partial charge is 0.378 e. The molecule has 1 aromatic carbocycles. The van der Waals surface area contributed by atoms with Gasteiger partial charge < -0.3 is 15.5 Å². The van der Waals surface area contributed by atoms with Crippen LogP contribution in [0.15, 0.2) is 29.3 Å². The Morgan fingerprint density at radius 2 is 1.82 bits per heavy atom. The maximum atomic E-state index is 4.34. The van der Waals surface area contributed by atoms with E-state index in [-0.39, 0.29) is 0 Å². The van der Waals surface area contributed by atoms with Gasteiger partial charge in [-0.2, -0.15) is 0 Å². The van der Waals surface area contributed by atoms with Crippen LogP contribution in [0.4, 0.5) is 5.69 Å². The Morgan fingerprint density at radius 3 is 2.41 bits per heavy atom. The number of hydrogen-bond acceptors (Lipinski definition) is 2. The summed E-state index contributed by atoms with van der Waals surface area (Å²) in [7, 11) is 5.99. The SMILES string of the molecule is CN=C(NCCc1ccc(N(C)C)cc1)NC1CCCCC1. The molecule has 0 radical (unpaired) electrons. The van der Waals surface area contributed by atoms with E-state index < -0.39 is 0 Å². The quantitative estimate of drug-likeness (QED) is 0.649. The van der Waals surface area contributed by atoms with E-state index in [0.717, 1.165) is 18.9 Å². The molecular formula is C18H30N4. The van der Waals surface area contributed by atoms with Crippen LogP contribution in [0.3, 0.4) is 0 Å². The van der Waals surface area contributed by atoms with Crippen LogP contribution in [0, 0.1) is 0 Å². The number of benzene rings is 1. The molecule has 0 atom stereocenters. The second-order valence-corrected chi connectivity index (χ2v) is 6.29. The van der Waals surface area contributed by atoms with Gasteiger partial charge in [0, 0.05) is 39.4 Å². The first kappa shape index (κ1) is 16.7. The van der Waals surface area contributed by atoms with E-state index in [9.17, 15) is 0 Å². The molecule has 0 heterocycles. The molecule has 0 spiro atoms. The van der Waals surface area contributed by atoms with Crippen molar-refractivity contribution < 1.29 is 0 Å². The number of anilines is 1. The fourth-order valence-corrected chi connectivity index (χ4v) is 2.92. The summed E-state index contributed by atoms with van der Waals surface area (Å²) in [5.74, 6) is 0.941. The number of aliphatic imine (C=N–C) groups is 1.